The first-order chi connectivity index (χ1) is 10.6. The summed E-state index contributed by atoms with van der Waals surface area (Å²) in [4.78, 5) is 10.7. The summed E-state index contributed by atoms with van der Waals surface area (Å²) in [6.07, 6.45) is 4.77. The molecule has 0 spiro atoms. The average Bonchev–Trinajstić information content (AvgIpc) is 2.92. The van der Waals surface area contributed by atoms with Gasteiger partial charge in [0, 0.05) is 18.0 Å². The summed E-state index contributed by atoms with van der Waals surface area (Å²) in [5.74, 6) is 0. The van der Waals surface area contributed by atoms with Crippen molar-refractivity contribution in [2.75, 3.05) is 6.61 Å². The van der Waals surface area contributed by atoms with E-state index in [2.05, 4.69) is 10.4 Å². The Kier molecular flexibility index (Phi) is 4.29. The van der Waals surface area contributed by atoms with E-state index in [9.17, 15) is 4.79 Å². The van der Waals surface area contributed by atoms with E-state index in [-0.39, 0.29) is 12.3 Å². The number of nitrogens with one attached hydrogen (secondary N) is 1. The minimum Gasteiger partial charge on any atom is -0.465 e. The molecule has 1 aliphatic rings. The number of carboxylic acid groups (broad SMARTS) is 1. The highest BCUT2D eigenvalue weighted by atomic mass is 16.5. The highest BCUT2D eigenvalue weighted by Crippen LogP contribution is 2.27. The van der Waals surface area contributed by atoms with Crippen LogP contribution in [0.2, 0.25) is 0 Å². The van der Waals surface area contributed by atoms with E-state index >= 15 is 0 Å². The number of nitrogens with zero attached hydrogens (tertiary/aromatic N) is 2. The van der Waals surface area contributed by atoms with E-state index < -0.39 is 6.09 Å². The van der Waals surface area contributed by atoms with Crippen molar-refractivity contribution in [3.05, 3.63) is 30.0 Å². The summed E-state index contributed by atoms with van der Waals surface area (Å²) < 4.78 is 7.77. The van der Waals surface area contributed by atoms with Gasteiger partial charge in [-0.3, -0.25) is 0 Å². The van der Waals surface area contributed by atoms with Crippen molar-refractivity contribution < 1.29 is 14.6 Å². The molecular formula is C16H21N3O3. The summed E-state index contributed by atoms with van der Waals surface area (Å²) in [5.41, 5.74) is 2.15. The predicted octanol–water partition coefficient (Wildman–Crippen LogP) is 2.93. The van der Waals surface area contributed by atoms with Gasteiger partial charge in [0.15, 0.2) is 6.23 Å². The predicted molar refractivity (Wildman–Crippen MR) is 82.9 cm³/mol. The quantitative estimate of drug-likeness (QED) is 0.910. The van der Waals surface area contributed by atoms with Crippen LogP contribution in [-0.2, 0) is 11.2 Å². The molecule has 1 aliphatic heterocycles. The molecule has 0 radical (unpaired) electrons. The number of fused-ring (bicyclic) bond motifs is 1. The van der Waals surface area contributed by atoms with Crippen molar-refractivity contribution in [2.45, 2.75) is 44.9 Å². The van der Waals surface area contributed by atoms with Gasteiger partial charge < -0.3 is 15.2 Å². The van der Waals surface area contributed by atoms with Gasteiger partial charge in [0.2, 0.25) is 0 Å². The topological polar surface area (TPSA) is 76.4 Å². The van der Waals surface area contributed by atoms with Gasteiger partial charge in [0.05, 0.1) is 11.7 Å². The molecule has 22 heavy (non-hydrogen) atoms. The van der Waals surface area contributed by atoms with Crippen LogP contribution in [0.25, 0.3) is 10.9 Å². The maximum atomic E-state index is 10.7. The van der Waals surface area contributed by atoms with Crippen molar-refractivity contribution in [3.63, 3.8) is 0 Å². The lowest BCUT2D eigenvalue weighted by molar-refractivity contribution is -0.0366. The molecule has 6 heteroatoms. The van der Waals surface area contributed by atoms with E-state index in [0.717, 1.165) is 42.3 Å². The smallest absolute Gasteiger partial charge is 0.404 e. The van der Waals surface area contributed by atoms with Gasteiger partial charge in [0.1, 0.15) is 0 Å². The number of hydrogen-bond acceptors (Lipinski definition) is 3. The third-order valence-electron chi connectivity index (χ3n) is 4.06. The highest BCUT2D eigenvalue weighted by Gasteiger charge is 2.19. The first-order valence-corrected chi connectivity index (χ1v) is 7.71. The SMILES string of the molecule is C[C@H](Cc1cccc2c1cnn2C1CCCCO1)NC(=O)O. The van der Waals surface area contributed by atoms with Crippen molar-refractivity contribution in [2.24, 2.45) is 0 Å². The molecule has 0 saturated carbocycles. The van der Waals surface area contributed by atoms with Crippen LogP contribution in [0, 0.1) is 0 Å². The van der Waals surface area contributed by atoms with E-state index in [0.29, 0.717) is 6.42 Å². The maximum absolute atomic E-state index is 10.7. The minimum atomic E-state index is -0.994. The zero-order valence-electron chi connectivity index (χ0n) is 12.7. The largest absolute Gasteiger partial charge is 0.465 e. The molecule has 1 saturated heterocycles. The summed E-state index contributed by atoms with van der Waals surface area (Å²) >= 11 is 0. The van der Waals surface area contributed by atoms with Crippen molar-refractivity contribution in [3.8, 4) is 0 Å². The highest BCUT2D eigenvalue weighted by molar-refractivity contribution is 5.82. The second-order valence-electron chi connectivity index (χ2n) is 5.81. The fraction of sp³-hybridized carbons (Fsp3) is 0.500. The number of benzene rings is 1. The molecule has 6 nitrogen and oxygen atoms in total. The number of aromatic nitrogens is 2. The van der Waals surface area contributed by atoms with Gasteiger partial charge in [-0.25, -0.2) is 9.48 Å². The van der Waals surface area contributed by atoms with Crippen LogP contribution in [0.1, 0.15) is 38.0 Å². The molecule has 1 fully saturated rings. The number of amides is 1. The molecule has 1 aromatic carbocycles. The van der Waals surface area contributed by atoms with Gasteiger partial charge in [-0.2, -0.15) is 5.10 Å². The van der Waals surface area contributed by atoms with E-state index in [1.807, 2.05) is 36.0 Å². The van der Waals surface area contributed by atoms with Crippen LogP contribution in [0.3, 0.4) is 0 Å². The van der Waals surface area contributed by atoms with Crippen LogP contribution in [0.4, 0.5) is 4.79 Å². The Balaban J connectivity index is 1.86. The monoisotopic (exact) mass is 303 g/mol. The second-order valence-corrected chi connectivity index (χ2v) is 5.81. The molecule has 0 bridgehead atoms. The van der Waals surface area contributed by atoms with E-state index in [1.165, 1.54) is 0 Å². The Morgan fingerprint density at radius 3 is 3.14 bits per heavy atom. The molecule has 0 aliphatic carbocycles. The normalized spacial score (nSPS) is 20.0. The molecule has 2 heterocycles. The third-order valence-corrected chi connectivity index (χ3v) is 4.06. The number of rotatable bonds is 4. The van der Waals surface area contributed by atoms with E-state index in [4.69, 9.17) is 9.84 Å². The van der Waals surface area contributed by atoms with Gasteiger partial charge >= 0.3 is 6.09 Å². The third kappa shape index (κ3) is 3.06. The number of hydrogen-bond donors (Lipinski definition) is 2. The molecule has 3 rings (SSSR count). The standard InChI is InChI=1S/C16H21N3O3/c1-11(18-16(20)21)9-12-5-4-6-14-13(12)10-17-19(14)15-7-2-3-8-22-15/h4-6,10-11,15,18H,2-3,7-9H2,1H3,(H,20,21)/t11-,15?/m1/s1. The first-order valence-electron chi connectivity index (χ1n) is 7.71. The van der Waals surface area contributed by atoms with Crippen LogP contribution >= 0.6 is 0 Å². The molecular weight excluding hydrogens is 282 g/mol. The zero-order valence-corrected chi connectivity index (χ0v) is 12.7. The van der Waals surface area contributed by atoms with Gasteiger partial charge in [-0.1, -0.05) is 12.1 Å². The lowest BCUT2D eigenvalue weighted by Gasteiger charge is -2.23. The minimum absolute atomic E-state index is 0.0102. The molecule has 118 valence electrons. The lowest BCUT2D eigenvalue weighted by atomic mass is 10.0. The Labute approximate surface area is 129 Å². The Hall–Kier alpha value is -2.08. The molecule has 2 aromatic rings. The van der Waals surface area contributed by atoms with Crippen LogP contribution < -0.4 is 5.32 Å². The van der Waals surface area contributed by atoms with Crippen molar-refractivity contribution in [1.29, 1.82) is 0 Å². The van der Waals surface area contributed by atoms with Crippen LogP contribution in [0.5, 0.6) is 0 Å². The fourth-order valence-corrected chi connectivity index (χ4v) is 3.05. The lowest BCUT2D eigenvalue weighted by Crippen LogP contribution is -2.32. The number of ether oxygens (including phenoxy) is 1. The van der Waals surface area contributed by atoms with Crippen molar-refractivity contribution >= 4 is 17.0 Å². The fourth-order valence-electron chi connectivity index (χ4n) is 3.05. The van der Waals surface area contributed by atoms with Gasteiger partial charge in [0.25, 0.3) is 0 Å². The Bertz CT molecular complexity index is 662. The molecule has 2 atom stereocenters. The Morgan fingerprint density at radius 1 is 1.55 bits per heavy atom. The van der Waals surface area contributed by atoms with Gasteiger partial charge in [-0.15, -0.1) is 0 Å². The zero-order chi connectivity index (χ0) is 15.5. The summed E-state index contributed by atoms with van der Waals surface area (Å²) in [5, 5.41) is 16.9. The second kappa shape index (κ2) is 6.36. The summed E-state index contributed by atoms with van der Waals surface area (Å²) in [7, 11) is 0. The summed E-state index contributed by atoms with van der Waals surface area (Å²) in [6, 6.07) is 5.92. The average molecular weight is 303 g/mol. The van der Waals surface area contributed by atoms with Gasteiger partial charge in [-0.05, 0) is 44.2 Å². The summed E-state index contributed by atoms with van der Waals surface area (Å²) in [6.45, 7) is 2.65. The van der Waals surface area contributed by atoms with Crippen LogP contribution in [0.15, 0.2) is 24.4 Å². The first kappa shape index (κ1) is 14.8. The van der Waals surface area contributed by atoms with Crippen LogP contribution in [-0.4, -0.2) is 33.6 Å². The molecule has 2 N–H and O–H groups in total. The van der Waals surface area contributed by atoms with E-state index in [1.54, 1.807) is 0 Å². The molecule has 1 unspecified atom stereocenters. The Morgan fingerprint density at radius 2 is 2.41 bits per heavy atom. The number of carbonyl (C=O) groups is 1. The maximum Gasteiger partial charge on any atom is 0.404 e. The van der Waals surface area contributed by atoms with Crippen molar-refractivity contribution in [1.82, 2.24) is 15.1 Å². The molecule has 1 amide bonds. The molecule has 1 aromatic heterocycles.